The first-order valence-corrected chi connectivity index (χ1v) is 12.4. The monoisotopic (exact) mass is 565 g/mol. The molecule has 0 bridgehead atoms. The van der Waals surface area contributed by atoms with Gasteiger partial charge >= 0.3 is 18.2 Å². The summed E-state index contributed by atoms with van der Waals surface area (Å²) in [5.41, 5.74) is 1.23. The number of benzene rings is 2. The van der Waals surface area contributed by atoms with E-state index in [9.17, 15) is 24.5 Å². The normalized spacial score (nSPS) is 11.9. The molecule has 1 aromatic heterocycles. The summed E-state index contributed by atoms with van der Waals surface area (Å²) >= 11 is 0. The van der Waals surface area contributed by atoms with E-state index in [0.29, 0.717) is 11.5 Å². The van der Waals surface area contributed by atoms with Crippen LogP contribution in [0.3, 0.4) is 0 Å². The molecule has 3 N–H and O–H groups in total. The molecule has 13 heteroatoms. The maximum Gasteiger partial charge on any atom is 0.411 e. The summed E-state index contributed by atoms with van der Waals surface area (Å²) in [6.07, 6.45) is 3.16. The molecule has 3 aromatic rings. The quantitative estimate of drug-likeness (QED) is 0.104. The minimum absolute atomic E-state index is 0.178. The summed E-state index contributed by atoms with van der Waals surface area (Å²) in [6.45, 7) is 5.21. The van der Waals surface area contributed by atoms with E-state index in [4.69, 9.17) is 4.74 Å². The SMILES string of the molecule is COC(=O)C=Cc1cccc(C[C@H](NC(=O)OC(C)(C)C)c2ncc(-c3ccc(NC(=O)OC)cc3[N+](=O)[O-])[nH]2)c1. The Hall–Kier alpha value is -5.20. The standard InChI is InChI=1S/C28H31N5O8/c1-28(2,3)41-27(36)32-21(14-18-8-6-7-17(13-18)9-12-24(34)39-4)25-29-16-22(31-25)20-11-10-19(30-26(35)40-5)15-23(20)33(37)38/h6-13,15-16,21H,14H2,1-5H3,(H,29,31)(H,30,35)(H,32,36)/t21-/m0/s1. The zero-order valence-electron chi connectivity index (χ0n) is 23.2. The fourth-order valence-corrected chi connectivity index (χ4v) is 3.77. The van der Waals surface area contributed by atoms with Crippen LogP contribution in [-0.4, -0.2) is 52.9 Å². The lowest BCUT2D eigenvalue weighted by Crippen LogP contribution is -2.36. The number of esters is 1. The number of ether oxygens (including phenoxy) is 3. The molecule has 0 spiro atoms. The number of methoxy groups -OCH3 is 2. The third-order valence-corrected chi connectivity index (χ3v) is 5.54. The number of carbonyl (C=O) groups is 3. The molecule has 0 aliphatic carbocycles. The number of alkyl carbamates (subject to hydrolysis) is 1. The molecule has 3 rings (SSSR count). The van der Waals surface area contributed by atoms with E-state index in [1.807, 2.05) is 18.2 Å². The van der Waals surface area contributed by atoms with Crippen molar-refractivity contribution < 1.29 is 33.5 Å². The van der Waals surface area contributed by atoms with Crippen LogP contribution < -0.4 is 10.6 Å². The number of H-pyrrole nitrogens is 1. The molecular weight excluding hydrogens is 534 g/mol. The number of nitrogens with one attached hydrogen (secondary N) is 3. The van der Waals surface area contributed by atoms with Crippen molar-refractivity contribution in [2.45, 2.75) is 38.8 Å². The molecule has 0 fully saturated rings. The van der Waals surface area contributed by atoms with E-state index in [-0.39, 0.29) is 23.4 Å². The number of hydrogen-bond acceptors (Lipinski definition) is 9. The number of nitrogens with zero attached hydrogens (tertiary/aromatic N) is 2. The van der Waals surface area contributed by atoms with Crippen LogP contribution in [0.2, 0.25) is 0 Å². The first kappa shape index (κ1) is 30.3. The number of anilines is 1. The summed E-state index contributed by atoms with van der Waals surface area (Å²) in [4.78, 5) is 54.5. The maximum atomic E-state index is 12.7. The van der Waals surface area contributed by atoms with Crippen LogP contribution in [0.25, 0.3) is 17.3 Å². The number of imidazole rings is 1. The minimum atomic E-state index is -0.767. The van der Waals surface area contributed by atoms with Gasteiger partial charge in [0.05, 0.1) is 48.3 Å². The lowest BCUT2D eigenvalue weighted by Gasteiger charge is -2.23. The Kier molecular flexibility index (Phi) is 9.80. The number of rotatable bonds is 9. The minimum Gasteiger partial charge on any atom is -0.466 e. The first-order chi connectivity index (χ1) is 19.4. The zero-order chi connectivity index (χ0) is 30.2. The Balaban J connectivity index is 1.95. The molecule has 1 heterocycles. The van der Waals surface area contributed by atoms with Crippen LogP contribution in [0.15, 0.2) is 54.7 Å². The highest BCUT2D eigenvalue weighted by atomic mass is 16.6. The highest BCUT2D eigenvalue weighted by Crippen LogP contribution is 2.32. The average molecular weight is 566 g/mol. The van der Waals surface area contributed by atoms with Crippen molar-refractivity contribution in [3.05, 3.63) is 81.8 Å². The van der Waals surface area contributed by atoms with E-state index in [1.54, 1.807) is 32.9 Å². The van der Waals surface area contributed by atoms with Crippen molar-refractivity contribution in [1.29, 1.82) is 0 Å². The van der Waals surface area contributed by atoms with Crippen molar-refractivity contribution in [3.8, 4) is 11.3 Å². The number of aromatic amines is 1. The molecule has 0 unspecified atom stereocenters. The number of amides is 2. The highest BCUT2D eigenvalue weighted by molar-refractivity contribution is 5.87. The Morgan fingerprint density at radius 1 is 1.10 bits per heavy atom. The second kappa shape index (κ2) is 13.2. The van der Waals surface area contributed by atoms with Crippen molar-refractivity contribution in [2.75, 3.05) is 19.5 Å². The third kappa shape index (κ3) is 8.92. The van der Waals surface area contributed by atoms with Crippen LogP contribution in [0, 0.1) is 10.1 Å². The van der Waals surface area contributed by atoms with Gasteiger partial charge in [0.25, 0.3) is 5.69 Å². The van der Waals surface area contributed by atoms with Crippen LogP contribution in [0.4, 0.5) is 21.0 Å². The summed E-state index contributed by atoms with van der Waals surface area (Å²) in [5.74, 6) is -0.168. The summed E-state index contributed by atoms with van der Waals surface area (Å²) < 4.78 is 14.6. The molecule has 2 amide bonds. The number of aromatic nitrogens is 2. The summed E-state index contributed by atoms with van der Waals surface area (Å²) in [7, 11) is 2.47. The van der Waals surface area contributed by atoms with Gasteiger partial charge in [0, 0.05) is 18.6 Å². The Morgan fingerprint density at radius 3 is 2.51 bits per heavy atom. The van der Waals surface area contributed by atoms with Gasteiger partial charge in [-0.05, 0) is 50.1 Å². The van der Waals surface area contributed by atoms with Crippen molar-refractivity contribution >= 4 is 35.6 Å². The molecule has 13 nitrogen and oxygen atoms in total. The van der Waals surface area contributed by atoms with E-state index in [1.165, 1.54) is 44.7 Å². The van der Waals surface area contributed by atoms with Gasteiger partial charge in [-0.25, -0.2) is 19.4 Å². The highest BCUT2D eigenvalue weighted by Gasteiger charge is 2.25. The van der Waals surface area contributed by atoms with Gasteiger partial charge in [-0.1, -0.05) is 24.3 Å². The zero-order valence-corrected chi connectivity index (χ0v) is 23.2. The largest absolute Gasteiger partial charge is 0.466 e. The molecule has 216 valence electrons. The van der Waals surface area contributed by atoms with E-state index in [2.05, 4.69) is 30.1 Å². The maximum absolute atomic E-state index is 12.7. The fourth-order valence-electron chi connectivity index (χ4n) is 3.77. The molecule has 0 saturated heterocycles. The van der Waals surface area contributed by atoms with E-state index in [0.717, 1.165) is 11.1 Å². The molecule has 1 atom stereocenters. The predicted molar refractivity (Wildman–Crippen MR) is 150 cm³/mol. The lowest BCUT2D eigenvalue weighted by molar-refractivity contribution is -0.384. The summed E-state index contributed by atoms with van der Waals surface area (Å²) in [6, 6.07) is 10.7. The average Bonchev–Trinajstić information content (AvgIpc) is 3.40. The number of nitro benzene ring substituents is 1. The second-order valence-corrected chi connectivity index (χ2v) is 9.79. The Morgan fingerprint density at radius 2 is 1.85 bits per heavy atom. The summed E-state index contributed by atoms with van der Waals surface area (Å²) in [5, 5.41) is 17.0. The number of hydrogen-bond donors (Lipinski definition) is 3. The van der Waals surface area contributed by atoms with E-state index >= 15 is 0 Å². The predicted octanol–water partition coefficient (Wildman–Crippen LogP) is 5.16. The van der Waals surface area contributed by atoms with Gasteiger partial charge in [0.1, 0.15) is 11.4 Å². The lowest BCUT2D eigenvalue weighted by atomic mass is 10.0. The van der Waals surface area contributed by atoms with Crippen LogP contribution >= 0.6 is 0 Å². The third-order valence-electron chi connectivity index (χ3n) is 5.54. The van der Waals surface area contributed by atoms with Crippen LogP contribution in [0.1, 0.15) is 43.8 Å². The molecule has 2 aromatic carbocycles. The van der Waals surface area contributed by atoms with Crippen molar-refractivity contribution in [1.82, 2.24) is 15.3 Å². The molecule has 0 saturated carbocycles. The Labute approximate surface area is 236 Å². The topological polar surface area (TPSA) is 175 Å². The smallest absolute Gasteiger partial charge is 0.411 e. The number of nitro groups is 1. The molecule has 41 heavy (non-hydrogen) atoms. The van der Waals surface area contributed by atoms with Crippen molar-refractivity contribution in [2.24, 2.45) is 0 Å². The van der Waals surface area contributed by atoms with Gasteiger partial charge in [-0.3, -0.25) is 15.4 Å². The number of carbonyl (C=O) groups excluding carboxylic acids is 3. The van der Waals surface area contributed by atoms with E-state index < -0.39 is 34.7 Å². The van der Waals surface area contributed by atoms with Gasteiger partial charge in [-0.15, -0.1) is 0 Å². The Bertz CT molecular complexity index is 1460. The molecule has 0 radical (unpaired) electrons. The van der Waals surface area contributed by atoms with Gasteiger partial charge in [0.2, 0.25) is 0 Å². The van der Waals surface area contributed by atoms with Crippen LogP contribution in [-0.2, 0) is 25.4 Å². The second-order valence-electron chi connectivity index (χ2n) is 9.79. The molecule has 0 aliphatic heterocycles. The van der Waals surface area contributed by atoms with Crippen molar-refractivity contribution in [3.63, 3.8) is 0 Å². The molecule has 0 aliphatic rings. The fraction of sp³-hybridized carbons (Fsp3) is 0.286. The van der Waals surface area contributed by atoms with Gasteiger partial charge in [-0.2, -0.15) is 0 Å². The van der Waals surface area contributed by atoms with Gasteiger partial charge in [0.15, 0.2) is 0 Å². The van der Waals surface area contributed by atoms with Crippen LogP contribution in [0.5, 0.6) is 0 Å². The van der Waals surface area contributed by atoms with Gasteiger partial charge < -0.3 is 24.5 Å². The first-order valence-electron chi connectivity index (χ1n) is 12.4. The molecular formula is C28H31N5O8.